The van der Waals surface area contributed by atoms with Crippen LogP contribution in [0.2, 0.25) is 0 Å². The molecule has 170 valence electrons. The number of benzene rings is 2. The van der Waals surface area contributed by atoms with E-state index in [1.807, 2.05) is 60.7 Å². The summed E-state index contributed by atoms with van der Waals surface area (Å²) in [6, 6.07) is 18.1. The number of nitrogens with zero attached hydrogens (tertiary/aromatic N) is 1. The number of likely N-dealkylation sites (tertiary alicyclic amines) is 1. The molecule has 2 aromatic carbocycles. The zero-order valence-corrected chi connectivity index (χ0v) is 17.9. The Morgan fingerprint density at radius 3 is 2.34 bits per heavy atom. The maximum absolute atomic E-state index is 13.0. The molecule has 0 spiro atoms. The molecule has 32 heavy (non-hydrogen) atoms. The van der Waals surface area contributed by atoms with Crippen molar-refractivity contribution in [3.63, 3.8) is 0 Å². The zero-order chi connectivity index (χ0) is 22.8. The molecule has 1 aliphatic heterocycles. The number of rotatable bonds is 10. The van der Waals surface area contributed by atoms with Gasteiger partial charge in [0, 0.05) is 6.54 Å². The number of nitrogens with two attached hydrogens (primary N) is 1. The normalized spacial score (nSPS) is 16.4. The summed E-state index contributed by atoms with van der Waals surface area (Å²) in [5.41, 5.74) is 7.05. The lowest BCUT2D eigenvalue weighted by Crippen LogP contribution is -2.50. The molecule has 2 atom stereocenters. The van der Waals surface area contributed by atoms with Crippen molar-refractivity contribution in [3.8, 4) is 0 Å². The van der Waals surface area contributed by atoms with Crippen LogP contribution in [0.15, 0.2) is 60.7 Å². The quantitative estimate of drug-likeness (QED) is 0.588. The van der Waals surface area contributed by atoms with E-state index in [2.05, 4.69) is 5.32 Å². The summed E-state index contributed by atoms with van der Waals surface area (Å²) in [4.78, 5) is 38.1. The summed E-state index contributed by atoms with van der Waals surface area (Å²) in [6.07, 6.45) is 1.30. The Labute approximate surface area is 187 Å². The van der Waals surface area contributed by atoms with Gasteiger partial charge in [0.15, 0.2) is 0 Å². The summed E-state index contributed by atoms with van der Waals surface area (Å²) < 4.78 is 10.8. The highest BCUT2D eigenvalue weighted by atomic mass is 16.6. The summed E-state index contributed by atoms with van der Waals surface area (Å²) in [5, 5.41) is 2.97. The summed E-state index contributed by atoms with van der Waals surface area (Å²) in [7, 11) is 0. The number of hydrogen-bond donors (Lipinski definition) is 2. The maximum Gasteiger partial charge on any atom is 0.410 e. The van der Waals surface area contributed by atoms with E-state index in [9.17, 15) is 14.4 Å². The third kappa shape index (κ3) is 7.09. The SMILES string of the molecule is NC(=O)COCC(Cc1ccccc1)NC(=O)C1CCCN1C(=O)OCc1ccccc1. The van der Waals surface area contributed by atoms with E-state index in [4.69, 9.17) is 15.2 Å². The van der Waals surface area contributed by atoms with E-state index in [1.54, 1.807) is 0 Å². The monoisotopic (exact) mass is 439 g/mol. The Balaban J connectivity index is 1.58. The molecule has 0 bridgehead atoms. The third-order valence-electron chi connectivity index (χ3n) is 5.23. The lowest BCUT2D eigenvalue weighted by Gasteiger charge is -2.26. The number of amides is 3. The molecule has 2 aromatic rings. The highest BCUT2D eigenvalue weighted by molar-refractivity contribution is 5.86. The van der Waals surface area contributed by atoms with E-state index in [0.717, 1.165) is 17.5 Å². The van der Waals surface area contributed by atoms with Crippen LogP contribution in [0.1, 0.15) is 24.0 Å². The van der Waals surface area contributed by atoms with Gasteiger partial charge in [-0.05, 0) is 30.4 Å². The number of hydrogen-bond acceptors (Lipinski definition) is 5. The van der Waals surface area contributed by atoms with Crippen molar-refractivity contribution in [2.45, 2.75) is 38.0 Å². The summed E-state index contributed by atoms with van der Waals surface area (Å²) in [6.45, 7) is 0.534. The van der Waals surface area contributed by atoms with Gasteiger partial charge in [-0.15, -0.1) is 0 Å². The van der Waals surface area contributed by atoms with E-state index in [0.29, 0.717) is 19.4 Å². The lowest BCUT2D eigenvalue weighted by molar-refractivity contribution is -0.126. The highest BCUT2D eigenvalue weighted by Crippen LogP contribution is 2.19. The van der Waals surface area contributed by atoms with Crippen LogP contribution in [0.3, 0.4) is 0 Å². The van der Waals surface area contributed by atoms with Crippen LogP contribution in [0, 0.1) is 0 Å². The van der Waals surface area contributed by atoms with Gasteiger partial charge >= 0.3 is 6.09 Å². The molecule has 1 fully saturated rings. The van der Waals surface area contributed by atoms with Crippen molar-refractivity contribution in [2.75, 3.05) is 19.8 Å². The Morgan fingerprint density at radius 2 is 1.69 bits per heavy atom. The number of nitrogens with one attached hydrogen (secondary N) is 1. The summed E-state index contributed by atoms with van der Waals surface area (Å²) >= 11 is 0. The second kappa shape index (κ2) is 11.9. The minimum absolute atomic E-state index is 0.134. The van der Waals surface area contributed by atoms with Crippen LogP contribution < -0.4 is 11.1 Å². The summed E-state index contributed by atoms with van der Waals surface area (Å²) in [5.74, 6) is -0.833. The molecule has 3 N–H and O–H groups in total. The molecular formula is C24H29N3O5. The van der Waals surface area contributed by atoms with Crippen LogP contribution in [-0.2, 0) is 32.1 Å². The fraction of sp³-hybridized carbons (Fsp3) is 0.375. The second-order valence-corrected chi connectivity index (χ2v) is 7.77. The van der Waals surface area contributed by atoms with Gasteiger partial charge < -0.3 is 20.5 Å². The first-order valence-electron chi connectivity index (χ1n) is 10.7. The molecule has 1 aliphatic rings. The first-order chi connectivity index (χ1) is 15.5. The standard InChI is InChI=1S/C24H29N3O5/c25-22(28)17-31-16-20(14-18-8-3-1-4-9-18)26-23(29)21-12-7-13-27(21)24(30)32-15-19-10-5-2-6-11-19/h1-6,8-11,20-21H,7,12-17H2,(H2,25,28)(H,26,29). The van der Waals surface area contributed by atoms with E-state index in [-0.39, 0.29) is 31.8 Å². The van der Waals surface area contributed by atoms with Crippen molar-refractivity contribution in [1.29, 1.82) is 0 Å². The van der Waals surface area contributed by atoms with Crippen LogP contribution >= 0.6 is 0 Å². The first kappa shape index (κ1) is 23.3. The Hall–Kier alpha value is -3.39. The minimum atomic E-state index is -0.604. The average Bonchev–Trinajstić information content (AvgIpc) is 3.29. The first-order valence-corrected chi connectivity index (χ1v) is 10.7. The second-order valence-electron chi connectivity index (χ2n) is 7.77. The molecular weight excluding hydrogens is 410 g/mol. The molecule has 0 aliphatic carbocycles. The largest absolute Gasteiger partial charge is 0.445 e. The zero-order valence-electron chi connectivity index (χ0n) is 17.9. The van der Waals surface area contributed by atoms with Gasteiger partial charge in [-0.2, -0.15) is 0 Å². The number of carbonyl (C=O) groups is 3. The number of primary amides is 1. The van der Waals surface area contributed by atoms with Gasteiger partial charge in [-0.25, -0.2) is 4.79 Å². The topological polar surface area (TPSA) is 111 Å². The molecule has 0 aromatic heterocycles. The minimum Gasteiger partial charge on any atom is -0.445 e. The molecule has 0 saturated carbocycles. The molecule has 8 nitrogen and oxygen atoms in total. The van der Waals surface area contributed by atoms with E-state index in [1.165, 1.54) is 4.90 Å². The van der Waals surface area contributed by atoms with E-state index >= 15 is 0 Å². The molecule has 3 amide bonds. The predicted molar refractivity (Wildman–Crippen MR) is 118 cm³/mol. The van der Waals surface area contributed by atoms with Crippen molar-refractivity contribution in [3.05, 3.63) is 71.8 Å². The third-order valence-corrected chi connectivity index (χ3v) is 5.23. The van der Waals surface area contributed by atoms with Crippen LogP contribution in [0.5, 0.6) is 0 Å². The van der Waals surface area contributed by atoms with Gasteiger partial charge in [0.05, 0.1) is 12.6 Å². The van der Waals surface area contributed by atoms with E-state index < -0.39 is 18.0 Å². The average molecular weight is 440 g/mol. The smallest absolute Gasteiger partial charge is 0.410 e. The number of ether oxygens (including phenoxy) is 2. The van der Waals surface area contributed by atoms with Gasteiger partial charge in [0.25, 0.3) is 0 Å². The Bertz CT molecular complexity index is 891. The molecule has 0 radical (unpaired) electrons. The molecule has 3 rings (SSSR count). The number of carbonyl (C=O) groups excluding carboxylic acids is 3. The van der Waals surface area contributed by atoms with Crippen LogP contribution in [0.4, 0.5) is 4.79 Å². The van der Waals surface area contributed by atoms with Crippen molar-refractivity contribution in [1.82, 2.24) is 10.2 Å². The van der Waals surface area contributed by atoms with Crippen molar-refractivity contribution >= 4 is 17.9 Å². The van der Waals surface area contributed by atoms with Gasteiger partial charge in [-0.1, -0.05) is 60.7 Å². The van der Waals surface area contributed by atoms with Crippen LogP contribution in [-0.4, -0.2) is 54.6 Å². The molecule has 1 saturated heterocycles. The van der Waals surface area contributed by atoms with Crippen molar-refractivity contribution < 1.29 is 23.9 Å². The Morgan fingerprint density at radius 1 is 1.03 bits per heavy atom. The lowest BCUT2D eigenvalue weighted by atomic mass is 10.1. The fourth-order valence-electron chi connectivity index (χ4n) is 3.71. The highest BCUT2D eigenvalue weighted by Gasteiger charge is 2.36. The molecule has 1 heterocycles. The molecule has 2 unspecified atom stereocenters. The predicted octanol–water partition coefficient (Wildman–Crippen LogP) is 2.02. The van der Waals surface area contributed by atoms with Crippen molar-refractivity contribution in [2.24, 2.45) is 5.73 Å². The van der Waals surface area contributed by atoms with Crippen LogP contribution in [0.25, 0.3) is 0 Å². The molecule has 8 heteroatoms. The van der Waals surface area contributed by atoms with Gasteiger partial charge in [0.2, 0.25) is 11.8 Å². The maximum atomic E-state index is 13.0. The van der Waals surface area contributed by atoms with Gasteiger partial charge in [-0.3, -0.25) is 14.5 Å². The fourth-order valence-corrected chi connectivity index (χ4v) is 3.71. The van der Waals surface area contributed by atoms with Gasteiger partial charge in [0.1, 0.15) is 19.3 Å². The Kier molecular flexibility index (Phi) is 8.62.